The molecule has 0 radical (unpaired) electrons. The number of nitrogens with one attached hydrogen (secondary N) is 1. The van der Waals surface area contributed by atoms with Crippen molar-refractivity contribution < 1.29 is 22.4 Å². The number of halogens is 4. The Morgan fingerprint density at radius 3 is 2.45 bits per heavy atom. The molecule has 0 aliphatic carbocycles. The summed E-state index contributed by atoms with van der Waals surface area (Å²) in [4.78, 5) is 13.9. The van der Waals surface area contributed by atoms with E-state index in [1.165, 1.54) is 24.1 Å². The van der Waals surface area contributed by atoms with Crippen LogP contribution in [0.5, 0.6) is 0 Å². The van der Waals surface area contributed by atoms with E-state index >= 15 is 0 Å². The number of hydrogen-bond donors (Lipinski definition) is 1. The molecule has 2 aromatic rings. The van der Waals surface area contributed by atoms with E-state index in [1.54, 1.807) is 31.2 Å². The molecule has 0 spiro atoms. The highest BCUT2D eigenvalue weighted by Gasteiger charge is 2.54. The number of carbonyl (C=O) groups excluding carboxylic acids is 1. The molecule has 0 bridgehead atoms. The number of carbonyl (C=O) groups is 1. The smallest absolute Gasteiger partial charge is 0.359 e. The van der Waals surface area contributed by atoms with Gasteiger partial charge in [-0.25, -0.2) is 4.39 Å². The highest BCUT2D eigenvalue weighted by Crippen LogP contribution is 2.46. The molecule has 1 amide bonds. The lowest BCUT2D eigenvalue weighted by Gasteiger charge is -2.46. The van der Waals surface area contributed by atoms with Gasteiger partial charge in [-0.3, -0.25) is 9.69 Å². The van der Waals surface area contributed by atoms with Crippen LogP contribution in [-0.4, -0.2) is 36.6 Å². The van der Waals surface area contributed by atoms with E-state index < -0.39 is 35.8 Å². The Morgan fingerprint density at radius 1 is 1.17 bits per heavy atom. The van der Waals surface area contributed by atoms with Gasteiger partial charge in [0.15, 0.2) is 0 Å². The largest absolute Gasteiger partial charge is 0.404 e. The Hall–Kier alpha value is -2.41. The van der Waals surface area contributed by atoms with E-state index in [4.69, 9.17) is 0 Å². The van der Waals surface area contributed by atoms with Crippen molar-refractivity contribution in [2.75, 3.05) is 13.6 Å². The Kier molecular flexibility index (Phi) is 6.27. The molecule has 1 saturated heterocycles. The van der Waals surface area contributed by atoms with Gasteiger partial charge in [0.2, 0.25) is 5.91 Å². The highest BCUT2D eigenvalue weighted by molar-refractivity contribution is 5.80. The first kappa shape index (κ1) is 21.3. The summed E-state index contributed by atoms with van der Waals surface area (Å²) in [6.07, 6.45) is -4.26. The molecular weight excluding hydrogens is 384 g/mol. The fraction of sp³-hybridized carbons (Fsp3) is 0.409. The monoisotopic (exact) mass is 408 g/mol. The van der Waals surface area contributed by atoms with Crippen LogP contribution in [0.15, 0.2) is 48.5 Å². The van der Waals surface area contributed by atoms with Crippen molar-refractivity contribution in [2.45, 2.75) is 38.0 Å². The summed E-state index contributed by atoms with van der Waals surface area (Å²) in [7, 11) is 1.43. The molecule has 3 unspecified atom stereocenters. The molecule has 1 N–H and O–H groups in total. The second-order valence-corrected chi connectivity index (χ2v) is 7.48. The number of aryl methyl sites for hydroxylation is 1. The van der Waals surface area contributed by atoms with Gasteiger partial charge in [-0.2, -0.15) is 13.2 Å². The molecule has 1 aliphatic heterocycles. The van der Waals surface area contributed by atoms with Gasteiger partial charge >= 0.3 is 6.18 Å². The predicted octanol–water partition coefficient (Wildman–Crippen LogP) is 4.42. The van der Waals surface area contributed by atoms with Crippen LogP contribution >= 0.6 is 0 Å². The summed E-state index contributed by atoms with van der Waals surface area (Å²) in [5, 5.41) is 2.50. The maximum atomic E-state index is 14.3. The minimum absolute atomic E-state index is 0.127. The second-order valence-electron chi connectivity index (χ2n) is 7.48. The van der Waals surface area contributed by atoms with Crippen LogP contribution in [0, 0.1) is 18.7 Å². The fourth-order valence-electron chi connectivity index (χ4n) is 4.36. The summed E-state index contributed by atoms with van der Waals surface area (Å²) in [5.41, 5.74) is 1.55. The number of benzene rings is 2. The zero-order valence-electron chi connectivity index (χ0n) is 16.3. The van der Waals surface area contributed by atoms with Crippen molar-refractivity contribution >= 4 is 5.91 Å². The van der Waals surface area contributed by atoms with E-state index in [0.29, 0.717) is 17.5 Å². The first-order chi connectivity index (χ1) is 13.7. The summed E-state index contributed by atoms with van der Waals surface area (Å²) < 4.78 is 56.6. The van der Waals surface area contributed by atoms with Crippen LogP contribution in [0.4, 0.5) is 17.6 Å². The standard InChI is InChI=1S/C22H24F4N2O/c1-14-12-16(23)8-9-17(14)19-18(21(29)27-2)10-11-28(20(19)22(24,25)26)13-15-6-4-3-5-7-15/h3-9,12,18-20H,10-11,13H2,1-2H3,(H,27,29). The number of nitrogens with zero attached hydrogens (tertiary/aromatic N) is 1. The molecule has 3 atom stereocenters. The van der Waals surface area contributed by atoms with E-state index in [9.17, 15) is 22.4 Å². The lowest BCUT2D eigenvalue weighted by atomic mass is 9.73. The predicted molar refractivity (Wildman–Crippen MR) is 103 cm³/mol. The number of piperidine rings is 1. The quantitative estimate of drug-likeness (QED) is 0.760. The van der Waals surface area contributed by atoms with Crippen molar-refractivity contribution in [2.24, 2.45) is 5.92 Å². The molecule has 1 fully saturated rings. The zero-order valence-corrected chi connectivity index (χ0v) is 16.3. The number of likely N-dealkylation sites (tertiary alicyclic amines) is 1. The maximum Gasteiger partial charge on any atom is 0.404 e. The van der Waals surface area contributed by atoms with Gasteiger partial charge in [0.25, 0.3) is 0 Å². The van der Waals surface area contributed by atoms with E-state index in [2.05, 4.69) is 5.32 Å². The van der Waals surface area contributed by atoms with Crippen molar-refractivity contribution in [1.82, 2.24) is 10.2 Å². The molecule has 1 aliphatic rings. The summed E-state index contributed by atoms with van der Waals surface area (Å²) in [6.45, 7) is 1.86. The molecule has 7 heteroatoms. The van der Waals surface area contributed by atoms with Crippen LogP contribution in [-0.2, 0) is 11.3 Å². The molecule has 29 heavy (non-hydrogen) atoms. The third-order valence-electron chi connectivity index (χ3n) is 5.63. The fourth-order valence-corrected chi connectivity index (χ4v) is 4.36. The van der Waals surface area contributed by atoms with Crippen LogP contribution in [0.25, 0.3) is 0 Å². The minimum atomic E-state index is -4.55. The van der Waals surface area contributed by atoms with Crippen molar-refractivity contribution in [3.8, 4) is 0 Å². The highest BCUT2D eigenvalue weighted by atomic mass is 19.4. The molecule has 1 heterocycles. The van der Waals surface area contributed by atoms with Crippen LogP contribution in [0.1, 0.15) is 29.0 Å². The molecule has 3 rings (SSSR count). The molecular formula is C22H24F4N2O. The zero-order chi connectivity index (χ0) is 21.2. The Labute approximate surface area is 167 Å². The van der Waals surface area contributed by atoms with Crippen molar-refractivity contribution in [1.29, 1.82) is 0 Å². The second kappa shape index (κ2) is 8.53. The van der Waals surface area contributed by atoms with Gasteiger partial charge in [0, 0.05) is 25.4 Å². The Balaban J connectivity index is 2.08. The lowest BCUT2D eigenvalue weighted by Crippen LogP contribution is -2.57. The van der Waals surface area contributed by atoms with Crippen molar-refractivity contribution in [3.63, 3.8) is 0 Å². The van der Waals surface area contributed by atoms with E-state index in [-0.39, 0.29) is 13.1 Å². The number of hydrogen-bond acceptors (Lipinski definition) is 2. The SMILES string of the molecule is CNC(=O)C1CCN(Cc2ccccc2)C(C(F)(F)F)C1c1ccc(F)cc1C. The molecule has 0 saturated carbocycles. The van der Waals surface area contributed by atoms with Gasteiger partial charge in [-0.05, 0) is 48.7 Å². The topological polar surface area (TPSA) is 32.3 Å². The van der Waals surface area contributed by atoms with Crippen LogP contribution in [0.2, 0.25) is 0 Å². The van der Waals surface area contributed by atoms with E-state index in [0.717, 1.165) is 11.6 Å². The number of alkyl halides is 3. The molecule has 3 nitrogen and oxygen atoms in total. The molecule has 156 valence electrons. The van der Waals surface area contributed by atoms with Gasteiger partial charge in [0.05, 0.1) is 0 Å². The summed E-state index contributed by atoms with van der Waals surface area (Å²) in [5.74, 6) is -2.90. The van der Waals surface area contributed by atoms with Gasteiger partial charge in [-0.1, -0.05) is 36.4 Å². The molecule has 2 aromatic carbocycles. The maximum absolute atomic E-state index is 14.3. The average molecular weight is 408 g/mol. The normalized spacial score (nSPS) is 23.0. The number of rotatable bonds is 4. The Bertz CT molecular complexity index is 854. The van der Waals surface area contributed by atoms with Crippen LogP contribution < -0.4 is 5.32 Å². The third kappa shape index (κ3) is 4.61. The van der Waals surface area contributed by atoms with Gasteiger partial charge in [-0.15, -0.1) is 0 Å². The van der Waals surface area contributed by atoms with Crippen molar-refractivity contribution in [3.05, 3.63) is 71.0 Å². The number of amides is 1. The van der Waals surface area contributed by atoms with Gasteiger partial charge < -0.3 is 5.32 Å². The first-order valence-electron chi connectivity index (χ1n) is 9.54. The van der Waals surface area contributed by atoms with Crippen LogP contribution in [0.3, 0.4) is 0 Å². The van der Waals surface area contributed by atoms with Gasteiger partial charge in [0.1, 0.15) is 11.9 Å². The first-order valence-corrected chi connectivity index (χ1v) is 9.54. The average Bonchev–Trinajstić information content (AvgIpc) is 2.67. The van der Waals surface area contributed by atoms with E-state index in [1.807, 2.05) is 6.07 Å². The summed E-state index contributed by atoms with van der Waals surface area (Å²) in [6, 6.07) is 10.9. The lowest BCUT2D eigenvalue weighted by molar-refractivity contribution is -0.204. The third-order valence-corrected chi connectivity index (χ3v) is 5.63. The Morgan fingerprint density at radius 2 is 1.86 bits per heavy atom. The minimum Gasteiger partial charge on any atom is -0.359 e. The summed E-state index contributed by atoms with van der Waals surface area (Å²) >= 11 is 0. The molecule has 0 aromatic heterocycles.